The van der Waals surface area contributed by atoms with E-state index in [9.17, 15) is 9.90 Å². The number of hydrogen-bond acceptors (Lipinski definition) is 4. The zero-order valence-corrected chi connectivity index (χ0v) is 6.98. The van der Waals surface area contributed by atoms with Gasteiger partial charge in [0, 0.05) is 0 Å². The van der Waals surface area contributed by atoms with Gasteiger partial charge in [0.05, 0.1) is 12.1 Å². The number of carbonyl (C=O) groups is 1. The molecule has 0 amide bonds. The van der Waals surface area contributed by atoms with Crippen LogP contribution < -0.4 is 24.0 Å². The molecule has 0 spiro atoms. The van der Waals surface area contributed by atoms with Crippen LogP contribution in [-0.4, -0.2) is 29.2 Å². The quantitative estimate of drug-likeness (QED) is 0.420. The number of hydrogen-bond donors (Lipinski definition) is 1. The Morgan fingerprint density at radius 3 is 2.60 bits per heavy atom. The molecule has 0 aliphatic rings. The summed E-state index contributed by atoms with van der Waals surface area (Å²) in [5.41, 5.74) is 0. The Kier molecular flexibility index (Phi) is 9.73. The minimum atomic E-state index is -1.39. The van der Waals surface area contributed by atoms with Gasteiger partial charge in [0.2, 0.25) is 0 Å². The number of aliphatic carboxylic acids is 1. The second-order valence-electron chi connectivity index (χ2n) is 1.62. The third-order valence-electron chi connectivity index (χ3n) is 0.867. The third kappa shape index (κ3) is 6.50. The van der Waals surface area contributed by atoms with Crippen LogP contribution in [0.15, 0.2) is 0 Å². The van der Waals surface area contributed by atoms with Gasteiger partial charge in [0.1, 0.15) is 0 Å². The Bertz CT molecular complexity index is 98.9. The van der Waals surface area contributed by atoms with Gasteiger partial charge in [0.15, 0.2) is 0 Å². The first-order valence-corrected chi connectivity index (χ1v) is 3.95. The molecule has 1 N–H and O–H groups in total. The smallest absolute Gasteiger partial charge is 0.547 e. The van der Waals surface area contributed by atoms with Gasteiger partial charge >= 0.3 is 18.9 Å². The number of rotatable bonds is 4. The molecule has 0 bridgehead atoms. The van der Waals surface area contributed by atoms with E-state index in [2.05, 4.69) is 0 Å². The van der Waals surface area contributed by atoms with Crippen molar-refractivity contribution in [1.82, 2.24) is 0 Å². The molecule has 10 heavy (non-hydrogen) atoms. The number of aliphatic hydroxyl groups excluding tert-OH is 1. The number of aliphatic hydroxyl groups is 1. The summed E-state index contributed by atoms with van der Waals surface area (Å²) in [6, 6.07) is 0. The van der Waals surface area contributed by atoms with E-state index >= 15 is 0 Å². The fourth-order valence-corrected chi connectivity index (χ4v) is 0.806. The van der Waals surface area contributed by atoms with E-state index in [1.165, 1.54) is 11.8 Å². The molecule has 5 heteroatoms. The van der Waals surface area contributed by atoms with Gasteiger partial charge in [-0.2, -0.15) is 11.8 Å². The van der Waals surface area contributed by atoms with Crippen LogP contribution in [-0.2, 0) is 4.79 Å². The second kappa shape index (κ2) is 7.48. The minimum absolute atomic E-state index is 0. The van der Waals surface area contributed by atoms with E-state index in [0.717, 1.165) is 0 Å². The van der Waals surface area contributed by atoms with Gasteiger partial charge in [-0.25, -0.2) is 0 Å². The summed E-state index contributed by atoms with van der Waals surface area (Å²) in [6.07, 6.45) is 0.823. The number of carboxylic acids is 1. The second-order valence-corrected chi connectivity index (χ2v) is 2.60. The van der Waals surface area contributed by atoms with Crippen LogP contribution in [0.4, 0.5) is 0 Å². The van der Waals surface area contributed by atoms with Crippen molar-refractivity contribution in [2.24, 2.45) is 0 Å². The van der Waals surface area contributed by atoms with E-state index in [4.69, 9.17) is 5.11 Å². The molecule has 0 aliphatic carbocycles. The number of carboxylic acid groups (broad SMARTS) is 1. The van der Waals surface area contributed by atoms with E-state index in [1.807, 2.05) is 6.26 Å². The minimum Gasteiger partial charge on any atom is -0.547 e. The van der Waals surface area contributed by atoms with Gasteiger partial charge in [0.25, 0.3) is 0 Å². The predicted octanol–water partition coefficient (Wildman–Crippen LogP) is -4.15. The standard InChI is InChI=1S/C5H10O3S.Li/c1-9-3-2-4(6)5(7)8;/h4,6H,2-3H2,1H3,(H,7,8);/q;+1/p-1. The predicted molar refractivity (Wildman–Crippen MR) is 34.0 cm³/mol. The molecule has 0 saturated carbocycles. The maximum absolute atomic E-state index is 9.83. The molecular weight excluding hydrogens is 147 g/mol. The summed E-state index contributed by atoms with van der Waals surface area (Å²) in [7, 11) is 0. The largest absolute Gasteiger partial charge is 1.00 e. The van der Waals surface area contributed by atoms with Crippen LogP contribution >= 0.6 is 11.8 Å². The molecule has 0 aliphatic heterocycles. The van der Waals surface area contributed by atoms with Crippen molar-refractivity contribution in [3.05, 3.63) is 0 Å². The Morgan fingerprint density at radius 1 is 1.80 bits per heavy atom. The van der Waals surface area contributed by atoms with Crippen LogP contribution in [0.5, 0.6) is 0 Å². The maximum Gasteiger partial charge on any atom is 1.00 e. The van der Waals surface area contributed by atoms with E-state index in [0.29, 0.717) is 5.75 Å². The first-order valence-electron chi connectivity index (χ1n) is 2.56. The maximum atomic E-state index is 9.83. The SMILES string of the molecule is CSCCC(O)C(=O)[O-].[Li+]. The first-order chi connectivity index (χ1) is 4.18. The molecule has 0 radical (unpaired) electrons. The molecule has 1 unspecified atom stereocenters. The van der Waals surface area contributed by atoms with Gasteiger partial charge in [-0.3, -0.25) is 0 Å². The van der Waals surface area contributed by atoms with Crippen LogP contribution in [0.25, 0.3) is 0 Å². The summed E-state index contributed by atoms with van der Waals surface area (Å²) < 4.78 is 0. The summed E-state index contributed by atoms with van der Waals surface area (Å²) in [4.78, 5) is 9.83. The molecule has 54 valence electrons. The molecule has 0 aromatic carbocycles. The molecule has 0 saturated heterocycles. The Morgan fingerprint density at radius 2 is 2.30 bits per heavy atom. The number of carbonyl (C=O) groups excluding carboxylic acids is 1. The van der Waals surface area contributed by atoms with Crippen LogP contribution in [0, 0.1) is 0 Å². The third-order valence-corrected chi connectivity index (χ3v) is 1.51. The van der Waals surface area contributed by atoms with E-state index in [-0.39, 0.29) is 25.3 Å². The van der Waals surface area contributed by atoms with E-state index < -0.39 is 12.1 Å². The monoisotopic (exact) mass is 156 g/mol. The van der Waals surface area contributed by atoms with Crippen molar-refractivity contribution in [2.45, 2.75) is 12.5 Å². The average molecular weight is 156 g/mol. The van der Waals surface area contributed by atoms with Crippen molar-refractivity contribution in [3.63, 3.8) is 0 Å². The molecule has 0 fully saturated rings. The number of thioether (sulfide) groups is 1. The fourth-order valence-electron chi connectivity index (χ4n) is 0.347. The van der Waals surface area contributed by atoms with Crippen molar-refractivity contribution < 1.29 is 33.9 Å². The topological polar surface area (TPSA) is 60.4 Å². The van der Waals surface area contributed by atoms with Crippen molar-refractivity contribution in [2.75, 3.05) is 12.0 Å². The first kappa shape index (κ1) is 13.0. The zero-order chi connectivity index (χ0) is 7.28. The van der Waals surface area contributed by atoms with Gasteiger partial charge in [-0.05, 0) is 18.4 Å². The average Bonchev–Trinajstić information content (AvgIpc) is 1.82. The molecule has 3 nitrogen and oxygen atoms in total. The van der Waals surface area contributed by atoms with Crippen LogP contribution in [0.3, 0.4) is 0 Å². The molecular formula is C5H9LiO3S. The molecule has 0 aromatic rings. The fraction of sp³-hybridized carbons (Fsp3) is 0.800. The van der Waals surface area contributed by atoms with Crippen LogP contribution in [0.1, 0.15) is 6.42 Å². The van der Waals surface area contributed by atoms with Crippen molar-refractivity contribution in [3.8, 4) is 0 Å². The summed E-state index contributed by atoms with van der Waals surface area (Å²) in [5.74, 6) is -0.737. The van der Waals surface area contributed by atoms with Crippen molar-refractivity contribution in [1.29, 1.82) is 0 Å². The van der Waals surface area contributed by atoms with Gasteiger partial charge < -0.3 is 15.0 Å². The normalized spacial score (nSPS) is 11.8. The van der Waals surface area contributed by atoms with Gasteiger partial charge in [-0.1, -0.05) is 0 Å². The Balaban J connectivity index is 0. The Labute approximate surface area is 76.4 Å². The summed E-state index contributed by atoms with van der Waals surface area (Å²) in [6.45, 7) is 0. The summed E-state index contributed by atoms with van der Waals surface area (Å²) >= 11 is 1.50. The van der Waals surface area contributed by atoms with Crippen LogP contribution in [0.2, 0.25) is 0 Å². The van der Waals surface area contributed by atoms with E-state index in [1.54, 1.807) is 0 Å². The molecule has 1 atom stereocenters. The molecule has 0 heterocycles. The molecule has 0 aromatic heterocycles. The zero-order valence-electron chi connectivity index (χ0n) is 6.16. The molecule has 0 rings (SSSR count). The summed E-state index contributed by atoms with van der Waals surface area (Å²) in [5, 5.41) is 18.4. The Hall–Kier alpha value is 0.377. The van der Waals surface area contributed by atoms with Crippen molar-refractivity contribution >= 4 is 17.7 Å². The van der Waals surface area contributed by atoms with Gasteiger partial charge in [-0.15, -0.1) is 0 Å².